The van der Waals surface area contributed by atoms with Crippen LogP contribution in [0.1, 0.15) is 0 Å². The molecule has 0 aromatic heterocycles. The van der Waals surface area contributed by atoms with Crippen molar-refractivity contribution < 1.29 is 17.5 Å². The quantitative estimate of drug-likeness (QED) is 0.354. The first kappa shape index (κ1) is 12.2. The van der Waals surface area contributed by atoms with Crippen LogP contribution in [-0.2, 0) is 10.4 Å². The molecule has 0 radical (unpaired) electrons. The van der Waals surface area contributed by atoms with Crippen LogP contribution in [0.2, 0.25) is 0 Å². The van der Waals surface area contributed by atoms with Gasteiger partial charge in [-0.05, 0) is 0 Å². The number of hydrogen-bond donors (Lipinski definition) is 4. The van der Waals surface area contributed by atoms with Crippen molar-refractivity contribution in [3.8, 4) is 0 Å². The second kappa shape index (κ2) is 4.34. The SMILES string of the molecule is NC1=NC2=NC=NC2C(N)=N1.O=S(=O)(O)O. The fourth-order valence-corrected chi connectivity index (χ4v) is 0.931. The molecule has 0 saturated heterocycles. The maximum Gasteiger partial charge on any atom is 0.394 e. The summed E-state index contributed by atoms with van der Waals surface area (Å²) >= 11 is 0. The van der Waals surface area contributed by atoms with Crippen molar-refractivity contribution in [3.63, 3.8) is 0 Å². The van der Waals surface area contributed by atoms with Crippen molar-refractivity contribution >= 4 is 34.4 Å². The van der Waals surface area contributed by atoms with E-state index in [2.05, 4.69) is 20.0 Å². The molecule has 11 heteroatoms. The largest absolute Gasteiger partial charge is 0.394 e. The van der Waals surface area contributed by atoms with E-state index in [-0.39, 0.29) is 12.0 Å². The van der Waals surface area contributed by atoms with Crippen molar-refractivity contribution in [2.45, 2.75) is 6.04 Å². The number of guanidine groups is 1. The van der Waals surface area contributed by atoms with Crippen LogP contribution in [0.25, 0.3) is 0 Å². The molecule has 0 aromatic carbocycles. The summed E-state index contributed by atoms with van der Waals surface area (Å²) < 4.78 is 31.6. The first-order valence-electron chi connectivity index (χ1n) is 3.75. The fourth-order valence-electron chi connectivity index (χ4n) is 0.931. The topological polar surface area (TPSA) is 176 Å². The normalized spacial score (nSPS) is 22.4. The highest BCUT2D eigenvalue weighted by molar-refractivity contribution is 7.79. The summed E-state index contributed by atoms with van der Waals surface area (Å²) in [5.74, 6) is 1.02. The molecule has 6 N–H and O–H groups in total. The summed E-state index contributed by atoms with van der Waals surface area (Å²) in [6.45, 7) is 0. The van der Waals surface area contributed by atoms with Gasteiger partial charge < -0.3 is 11.5 Å². The molecule has 0 aromatic rings. The first-order valence-corrected chi connectivity index (χ1v) is 5.14. The van der Waals surface area contributed by atoms with Crippen LogP contribution < -0.4 is 11.5 Å². The molecular formula is C5H8N6O4S. The summed E-state index contributed by atoms with van der Waals surface area (Å²) in [4.78, 5) is 15.4. The molecule has 1 unspecified atom stereocenters. The van der Waals surface area contributed by atoms with Crippen LogP contribution in [0.5, 0.6) is 0 Å². The van der Waals surface area contributed by atoms with Crippen molar-refractivity contribution in [3.05, 3.63) is 0 Å². The Labute approximate surface area is 90.1 Å². The van der Waals surface area contributed by atoms with Gasteiger partial charge in [-0.25, -0.2) is 4.99 Å². The third-order valence-electron chi connectivity index (χ3n) is 1.40. The Balaban J connectivity index is 0.000000221. The molecule has 1 atom stereocenters. The van der Waals surface area contributed by atoms with Crippen LogP contribution in [0, 0.1) is 0 Å². The number of nitrogens with two attached hydrogens (primary N) is 2. The monoisotopic (exact) mass is 248 g/mol. The minimum absolute atomic E-state index is 0.142. The zero-order chi connectivity index (χ0) is 12.3. The standard InChI is InChI=1S/C5H6N6.H2O4S/c6-3-2-4(9-1-8-2)11-5(7)10-3;1-5(2,3)4/h1-2H,(H4,6,7,8,9,10,11);(H2,1,2,3,4). The van der Waals surface area contributed by atoms with Crippen molar-refractivity contribution in [2.75, 3.05) is 0 Å². The van der Waals surface area contributed by atoms with E-state index < -0.39 is 10.4 Å². The van der Waals surface area contributed by atoms with Crippen LogP contribution in [0.4, 0.5) is 0 Å². The van der Waals surface area contributed by atoms with E-state index in [0.29, 0.717) is 11.7 Å². The van der Waals surface area contributed by atoms with Gasteiger partial charge in [-0.3, -0.25) is 14.1 Å². The summed E-state index contributed by atoms with van der Waals surface area (Å²) in [5, 5.41) is 0. The minimum atomic E-state index is -4.67. The summed E-state index contributed by atoms with van der Waals surface area (Å²) in [5.41, 5.74) is 10.8. The van der Waals surface area contributed by atoms with Gasteiger partial charge in [-0.15, -0.1) is 0 Å². The number of aliphatic imine (C=N–C) groups is 4. The predicted octanol–water partition coefficient (Wildman–Crippen LogP) is -2.17. The molecule has 16 heavy (non-hydrogen) atoms. The molecule has 2 aliphatic rings. The molecule has 0 saturated carbocycles. The number of rotatable bonds is 0. The summed E-state index contributed by atoms with van der Waals surface area (Å²) in [6.07, 6.45) is 1.41. The van der Waals surface area contributed by atoms with Crippen LogP contribution in [0.15, 0.2) is 20.0 Å². The Morgan fingerprint density at radius 1 is 1.25 bits per heavy atom. The third kappa shape index (κ3) is 3.72. The molecule has 2 aliphatic heterocycles. The highest BCUT2D eigenvalue weighted by Gasteiger charge is 2.25. The van der Waals surface area contributed by atoms with Crippen molar-refractivity contribution in [2.24, 2.45) is 31.4 Å². The Kier molecular flexibility index (Phi) is 3.31. The van der Waals surface area contributed by atoms with Gasteiger partial charge in [-0.1, -0.05) is 0 Å². The Morgan fingerprint density at radius 3 is 2.38 bits per heavy atom. The average molecular weight is 248 g/mol. The van der Waals surface area contributed by atoms with E-state index in [9.17, 15) is 0 Å². The molecule has 2 heterocycles. The van der Waals surface area contributed by atoms with Gasteiger partial charge in [0.25, 0.3) is 0 Å². The number of fused-ring (bicyclic) bond motifs is 1. The number of nitrogens with zero attached hydrogens (tertiary/aromatic N) is 4. The van der Waals surface area contributed by atoms with Gasteiger partial charge >= 0.3 is 10.4 Å². The predicted molar refractivity (Wildman–Crippen MR) is 57.1 cm³/mol. The van der Waals surface area contributed by atoms with E-state index in [0.717, 1.165) is 0 Å². The molecule has 2 rings (SSSR count). The molecule has 10 nitrogen and oxygen atoms in total. The second-order valence-electron chi connectivity index (χ2n) is 2.61. The number of amidine groups is 2. The lowest BCUT2D eigenvalue weighted by atomic mass is 10.2. The smallest absolute Gasteiger partial charge is 0.385 e. The molecule has 0 aliphatic carbocycles. The van der Waals surface area contributed by atoms with Crippen molar-refractivity contribution in [1.29, 1.82) is 0 Å². The highest BCUT2D eigenvalue weighted by Crippen LogP contribution is 2.07. The van der Waals surface area contributed by atoms with E-state index in [1.807, 2.05) is 0 Å². The minimum Gasteiger partial charge on any atom is -0.385 e. The van der Waals surface area contributed by atoms with Crippen LogP contribution >= 0.6 is 0 Å². The van der Waals surface area contributed by atoms with Gasteiger partial charge in [0.15, 0.2) is 11.9 Å². The molecule has 0 spiro atoms. The zero-order valence-electron chi connectivity index (χ0n) is 7.72. The van der Waals surface area contributed by atoms with Gasteiger partial charge in [-0.2, -0.15) is 18.4 Å². The zero-order valence-corrected chi connectivity index (χ0v) is 8.53. The fraction of sp³-hybridized carbons (Fsp3) is 0.200. The van der Waals surface area contributed by atoms with Crippen LogP contribution in [0.3, 0.4) is 0 Å². The van der Waals surface area contributed by atoms with E-state index in [4.69, 9.17) is 29.0 Å². The first-order chi connectivity index (χ1) is 7.27. The Morgan fingerprint density at radius 2 is 1.81 bits per heavy atom. The lowest BCUT2D eigenvalue weighted by Gasteiger charge is -2.10. The Hall–Kier alpha value is -1.85. The summed E-state index contributed by atoms with van der Waals surface area (Å²) in [7, 11) is -4.67. The van der Waals surface area contributed by atoms with E-state index in [1.54, 1.807) is 0 Å². The average Bonchev–Trinajstić information content (AvgIpc) is 2.47. The lowest BCUT2D eigenvalue weighted by Crippen LogP contribution is -2.38. The van der Waals surface area contributed by atoms with E-state index >= 15 is 0 Å². The van der Waals surface area contributed by atoms with E-state index in [1.165, 1.54) is 6.34 Å². The Bertz CT molecular complexity index is 495. The summed E-state index contributed by atoms with van der Waals surface area (Å²) in [6, 6.07) is -0.303. The molecule has 0 amide bonds. The molecule has 0 fully saturated rings. The number of hydrogen-bond acceptors (Lipinski definition) is 8. The van der Waals surface area contributed by atoms with Gasteiger partial charge in [0.2, 0.25) is 5.96 Å². The maximum atomic E-state index is 8.74. The molecule has 0 bridgehead atoms. The molecular weight excluding hydrogens is 240 g/mol. The van der Waals surface area contributed by atoms with Gasteiger partial charge in [0.05, 0.1) is 0 Å². The van der Waals surface area contributed by atoms with Crippen LogP contribution in [-0.4, -0.2) is 47.5 Å². The third-order valence-corrected chi connectivity index (χ3v) is 1.40. The molecule has 88 valence electrons. The lowest BCUT2D eigenvalue weighted by molar-refractivity contribution is 0.381. The highest BCUT2D eigenvalue weighted by atomic mass is 32.3. The maximum absolute atomic E-state index is 8.74. The second-order valence-corrected chi connectivity index (χ2v) is 3.50. The van der Waals surface area contributed by atoms with Gasteiger partial charge in [0.1, 0.15) is 12.2 Å². The van der Waals surface area contributed by atoms with Crippen molar-refractivity contribution in [1.82, 2.24) is 0 Å². The van der Waals surface area contributed by atoms with Gasteiger partial charge in [0, 0.05) is 0 Å².